The molecule has 0 saturated heterocycles. The second-order valence-corrected chi connectivity index (χ2v) is 7.14. The van der Waals surface area contributed by atoms with Crippen molar-refractivity contribution in [3.05, 3.63) is 84.4 Å². The molecule has 3 rings (SSSR count). The van der Waals surface area contributed by atoms with E-state index in [2.05, 4.69) is 10.6 Å². The van der Waals surface area contributed by atoms with E-state index in [9.17, 15) is 9.59 Å². The Balaban J connectivity index is 1.74. The lowest BCUT2D eigenvalue weighted by atomic mass is 9.90. The normalized spacial score (nSPS) is 10.6. The molecule has 0 bridgehead atoms. The first-order chi connectivity index (χ1) is 14.4. The number of hydrogen-bond donors (Lipinski definition) is 2. The number of rotatable bonds is 6. The number of benzene rings is 3. The van der Waals surface area contributed by atoms with Gasteiger partial charge in [-0.1, -0.05) is 36.4 Å². The van der Waals surface area contributed by atoms with Crippen LogP contribution in [0.15, 0.2) is 78.9 Å². The van der Waals surface area contributed by atoms with Crippen LogP contribution in [0.4, 0.5) is 11.4 Å². The Kier molecular flexibility index (Phi) is 6.14. The number of ether oxygens (including phenoxy) is 1. The molecule has 0 aliphatic carbocycles. The summed E-state index contributed by atoms with van der Waals surface area (Å²) < 4.78 is 5.86. The quantitative estimate of drug-likeness (QED) is 0.574. The molecule has 3 aromatic rings. The first-order valence-electron chi connectivity index (χ1n) is 9.35. The number of carbonyl (C=O) groups is 2. The van der Waals surface area contributed by atoms with E-state index < -0.39 is 17.2 Å². The van der Waals surface area contributed by atoms with Crippen LogP contribution in [0.5, 0.6) is 11.5 Å². The van der Waals surface area contributed by atoms with E-state index in [1.54, 1.807) is 48.5 Å². The number of carbonyl (C=O) groups excluding carboxylic acids is 2. The van der Waals surface area contributed by atoms with Crippen LogP contribution in [-0.4, -0.2) is 11.8 Å². The number of nitrogens with zero attached hydrogens (tertiary/aromatic N) is 1. The maximum absolute atomic E-state index is 12.9. The van der Waals surface area contributed by atoms with Gasteiger partial charge in [0.05, 0.1) is 17.3 Å². The average molecular weight is 399 g/mol. The highest BCUT2D eigenvalue weighted by molar-refractivity contribution is 6.14. The summed E-state index contributed by atoms with van der Waals surface area (Å²) in [6.45, 7) is 3.07. The fraction of sp³-hybridized carbons (Fsp3) is 0.125. The predicted molar refractivity (Wildman–Crippen MR) is 115 cm³/mol. The van der Waals surface area contributed by atoms with Crippen molar-refractivity contribution in [2.24, 2.45) is 5.41 Å². The van der Waals surface area contributed by atoms with Gasteiger partial charge in [0, 0.05) is 5.69 Å². The van der Waals surface area contributed by atoms with Gasteiger partial charge in [0.25, 0.3) is 0 Å². The van der Waals surface area contributed by atoms with Crippen LogP contribution in [0.2, 0.25) is 0 Å². The summed E-state index contributed by atoms with van der Waals surface area (Å²) in [5.74, 6) is 0.126. The Hall–Kier alpha value is -4.11. The molecule has 0 fully saturated rings. The van der Waals surface area contributed by atoms with Gasteiger partial charge >= 0.3 is 0 Å². The predicted octanol–water partition coefficient (Wildman–Crippen LogP) is 4.95. The molecular formula is C24H21N3O3. The number of anilines is 2. The van der Waals surface area contributed by atoms with Gasteiger partial charge in [0.1, 0.15) is 11.2 Å². The molecule has 0 heterocycles. The lowest BCUT2D eigenvalue weighted by Gasteiger charge is -2.23. The Bertz CT molecular complexity index is 1100. The monoisotopic (exact) mass is 399 g/mol. The van der Waals surface area contributed by atoms with Gasteiger partial charge in [-0.3, -0.25) is 9.59 Å². The zero-order chi connectivity index (χ0) is 21.6. The number of amides is 2. The Morgan fingerprint density at radius 2 is 1.53 bits per heavy atom. The van der Waals surface area contributed by atoms with Gasteiger partial charge in [0.15, 0.2) is 5.75 Å². The molecule has 2 amide bonds. The van der Waals surface area contributed by atoms with Crippen LogP contribution in [0.3, 0.4) is 0 Å². The molecule has 2 N–H and O–H groups in total. The summed E-state index contributed by atoms with van der Waals surface area (Å²) in [5, 5.41) is 14.5. The molecule has 0 unspecified atom stereocenters. The molecule has 30 heavy (non-hydrogen) atoms. The molecule has 6 nitrogen and oxygen atoms in total. The van der Waals surface area contributed by atoms with Crippen molar-refractivity contribution in [3.8, 4) is 17.6 Å². The van der Waals surface area contributed by atoms with Crippen molar-refractivity contribution in [2.75, 3.05) is 10.6 Å². The van der Waals surface area contributed by atoms with Gasteiger partial charge in [-0.15, -0.1) is 0 Å². The van der Waals surface area contributed by atoms with Gasteiger partial charge in [-0.2, -0.15) is 5.26 Å². The summed E-state index contributed by atoms with van der Waals surface area (Å²) in [4.78, 5) is 25.7. The minimum atomic E-state index is -1.37. The third-order valence-electron chi connectivity index (χ3n) is 4.49. The molecule has 0 atom stereocenters. The molecular weight excluding hydrogens is 378 g/mol. The van der Waals surface area contributed by atoms with Crippen molar-refractivity contribution in [1.82, 2.24) is 0 Å². The van der Waals surface area contributed by atoms with Crippen molar-refractivity contribution in [3.63, 3.8) is 0 Å². The van der Waals surface area contributed by atoms with E-state index in [4.69, 9.17) is 10.00 Å². The van der Waals surface area contributed by atoms with Crippen LogP contribution in [0, 0.1) is 16.7 Å². The molecule has 0 aliphatic heterocycles. The second kappa shape index (κ2) is 8.93. The summed E-state index contributed by atoms with van der Waals surface area (Å²) in [6.07, 6.45) is 0. The van der Waals surface area contributed by atoms with Crippen LogP contribution >= 0.6 is 0 Å². The number of para-hydroxylation sites is 3. The van der Waals surface area contributed by atoms with Gasteiger partial charge in [-0.25, -0.2) is 0 Å². The van der Waals surface area contributed by atoms with Crippen LogP contribution in [0.1, 0.15) is 19.4 Å². The number of nitriles is 1. The minimum absolute atomic E-state index is 0.419. The molecule has 6 heteroatoms. The van der Waals surface area contributed by atoms with E-state index in [1.807, 2.05) is 36.4 Å². The fourth-order valence-corrected chi connectivity index (χ4v) is 2.61. The third-order valence-corrected chi connectivity index (χ3v) is 4.49. The zero-order valence-electron chi connectivity index (χ0n) is 16.7. The standard InChI is InChI=1S/C24H21N3O3/c1-24(2,22(28)26-18-10-8-9-17(15-18)16-25)23(29)27-20-13-6-7-14-21(20)30-19-11-4-3-5-12-19/h3-15H,1-2H3,(H,26,28)(H,27,29). The van der Waals surface area contributed by atoms with E-state index in [0.29, 0.717) is 28.4 Å². The number of hydrogen-bond acceptors (Lipinski definition) is 4. The molecule has 150 valence electrons. The van der Waals surface area contributed by atoms with Crippen LogP contribution in [-0.2, 0) is 9.59 Å². The van der Waals surface area contributed by atoms with Crippen molar-refractivity contribution >= 4 is 23.2 Å². The van der Waals surface area contributed by atoms with Gasteiger partial charge in [-0.05, 0) is 56.3 Å². The zero-order valence-corrected chi connectivity index (χ0v) is 16.7. The number of nitrogens with one attached hydrogen (secondary N) is 2. The highest BCUT2D eigenvalue weighted by Gasteiger charge is 2.36. The maximum Gasteiger partial charge on any atom is 0.239 e. The largest absolute Gasteiger partial charge is 0.455 e. The summed E-state index contributed by atoms with van der Waals surface area (Å²) in [7, 11) is 0. The highest BCUT2D eigenvalue weighted by atomic mass is 16.5. The Labute approximate surface area is 175 Å². The minimum Gasteiger partial charge on any atom is -0.455 e. The van der Waals surface area contributed by atoms with Crippen LogP contribution in [0.25, 0.3) is 0 Å². The summed E-state index contributed by atoms with van der Waals surface area (Å²) in [6, 6.07) is 24.8. The smallest absolute Gasteiger partial charge is 0.239 e. The van der Waals surface area contributed by atoms with Gasteiger partial charge < -0.3 is 15.4 Å². The lowest BCUT2D eigenvalue weighted by Crippen LogP contribution is -2.41. The van der Waals surface area contributed by atoms with Crippen molar-refractivity contribution in [1.29, 1.82) is 5.26 Å². The molecule has 0 aromatic heterocycles. The van der Waals surface area contributed by atoms with E-state index in [0.717, 1.165) is 0 Å². The fourth-order valence-electron chi connectivity index (χ4n) is 2.61. The third kappa shape index (κ3) is 4.83. The average Bonchev–Trinajstić information content (AvgIpc) is 2.76. The van der Waals surface area contributed by atoms with E-state index in [-0.39, 0.29) is 0 Å². The molecule has 0 saturated carbocycles. The first-order valence-corrected chi connectivity index (χ1v) is 9.35. The lowest BCUT2D eigenvalue weighted by molar-refractivity contribution is -0.135. The summed E-state index contributed by atoms with van der Waals surface area (Å²) in [5.41, 5.74) is -0.0452. The maximum atomic E-state index is 12.9. The van der Waals surface area contributed by atoms with Gasteiger partial charge in [0.2, 0.25) is 11.8 Å². The molecule has 0 aliphatic rings. The second-order valence-electron chi connectivity index (χ2n) is 7.14. The van der Waals surface area contributed by atoms with Crippen molar-refractivity contribution < 1.29 is 14.3 Å². The SMILES string of the molecule is CC(C)(C(=O)Nc1cccc(C#N)c1)C(=O)Nc1ccccc1Oc1ccccc1. The van der Waals surface area contributed by atoms with Crippen LogP contribution < -0.4 is 15.4 Å². The summed E-state index contributed by atoms with van der Waals surface area (Å²) >= 11 is 0. The first kappa shape index (κ1) is 20.6. The Morgan fingerprint density at radius 3 is 2.27 bits per heavy atom. The molecule has 0 spiro atoms. The topological polar surface area (TPSA) is 91.2 Å². The van der Waals surface area contributed by atoms with E-state index in [1.165, 1.54) is 13.8 Å². The van der Waals surface area contributed by atoms with E-state index >= 15 is 0 Å². The molecule has 3 aromatic carbocycles. The highest BCUT2D eigenvalue weighted by Crippen LogP contribution is 2.31. The molecule has 0 radical (unpaired) electrons. The van der Waals surface area contributed by atoms with Crippen molar-refractivity contribution in [2.45, 2.75) is 13.8 Å². The Morgan fingerprint density at radius 1 is 0.867 bits per heavy atom.